The van der Waals surface area contributed by atoms with Crippen molar-refractivity contribution in [1.82, 2.24) is 39.0 Å². The Kier molecular flexibility index (Phi) is 2.63. The number of fused-ring (bicyclic) bond motifs is 6. The molecule has 0 saturated heterocycles. The number of hydrogen-bond acceptors (Lipinski definition) is 7. The molecule has 0 unspecified atom stereocenters. The van der Waals surface area contributed by atoms with E-state index in [-0.39, 0.29) is 5.69 Å². The molecule has 10 heteroatoms. The molecule has 0 spiro atoms. The molecule has 0 aliphatic heterocycles. The maximum atomic E-state index is 11.6. The first kappa shape index (κ1) is 13.6. The van der Waals surface area contributed by atoms with Gasteiger partial charge in [0.1, 0.15) is 12.0 Å². The molecule has 0 atom stereocenters. The van der Waals surface area contributed by atoms with Crippen molar-refractivity contribution in [2.45, 2.75) is 0 Å². The van der Waals surface area contributed by atoms with E-state index < -0.39 is 5.97 Å². The molecule has 0 bridgehead atoms. The van der Waals surface area contributed by atoms with E-state index in [0.29, 0.717) is 11.6 Å². The van der Waals surface area contributed by atoms with Gasteiger partial charge in [-0.15, -0.1) is 15.3 Å². The second-order valence-corrected chi connectivity index (χ2v) is 5.34. The monoisotopic (exact) mass is 334 g/mol. The van der Waals surface area contributed by atoms with E-state index in [1.807, 2.05) is 33.1 Å². The number of nitrogens with zero attached hydrogens (tertiary/aromatic N) is 8. The number of carbonyl (C=O) groups is 1. The maximum absolute atomic E-state index is 11.6. The van der Waals surface area contributed by atoms with Crippen molar-refractivity contribution in [3.8, 4) is 5.95 Å². The molecule has 25 heavy (non-hydrogen) atoms. The molecular weight excluding hydrogens is 324 g/mol. The quantitative estimate of drug-likeness (QED) is 0.442. The molecule has 4 aromatic heterocycles. The summed E-state index contributed by atoms with van der Waals surface area (Å²) in [5, 5.41) is 17.2. The number of carbonyl (C=O) groups excluding carboxylic acids is 1. The van der Waals surface area contributed by atoms with E-state index in [2.05, 4.69) is 30.2 Å². The topological polar surface area (TPSA) is 104 Å². The lowest BCUT2D eigenvalue weighted by Crippen LogP contribution is -2.05. The number of aromatic nitrogens is 8. The lowest BCUT2D eigenvalue weighted by molar-refractivity contribution is 0.0594. The summed E-state index contributed by atoms with van der Waals surface area (Å²) in [5.41, 5.74) is 2.48. The van der Waals surface area contributed by atoms with Crippen LogP contribution >= 0.6 is 0 Å². The fourth-order valence-electron chi connectivity index (χ4n) is 2.88. The largest absolute Gasteiger partial charge is 0.464 e. The molecule has 4 heterocycles. The fraction of sp³-hybridized carbons (Fsp3) is 0.0667. The minimum atomic E-state index is -0.569. The third-order valence-corrected chi connectivity index (χ3v) is 3.99. The number of rotatable bonds is 2. The summed E-state index contributed by atoms with van der Waals surface area (Å²) in [4.78, 5) is 15.8. The first-order valence-corrected chi connectivity index (χ1v) is 7.37. The number of esters is 1. The summed E-state index contributed by atoms with van der Waals surface area (Å²) in [6, 6.07) is 7.84. The Hall–Kier alpha value is -3.82. The van der Waals surface area contributed by atoms with Crippen molar-refractivity contribution in [1.29, 1.82) is 0 Å². The second-order valence-electron chi connectivity index (χ2n) is 5.34. The first-order chi connectivity index (χ1) is 12.3. The van der Waals surface area contributed by atoms with E-state index in [1.54, 1.807) is 12.5 Å². The minimum Gasteiger partial charge on any atom is -0.464 e. The summed E-state index contributed by atoms with van der Waals surface area (Å²) < 4.78 is 9.79. The van der Waals surface area contributed by atoms with Crippen molar-refractivity contribution in [3.05, 3.63) is 48.7 Å². The molecule has 0 aliphatic rings. The predicted molar refractivity (Wildman–Crippen MR) is 85.5 cm³/mol. The van der Waals surface area contributed by atoms with Crippen LogP contribution in [0.4, 0.5) is 0 Å². The smallest absolute Gasteiger partial charge is 0.360 e. The summed E-state index contributed by atoms with van der Waals surface area (Å²) >= 11 is 0. The molecule has 5 rings (SSSR count). The van der Waals surface area contributed by atoms with Crippen LogP contribution in [-0.4, -0.2) is 52.1 Å². The molecule has 1 aromatic carbocycles. The van der Waals surface area contributed by atoms with Gasteiger partial charge >= 0.3 is 5.97 Å². The summed E-state index contributed by atoms with van der Waals surface area (Å²) in [6.45, 7) is 0. The highest BCUT2D eigenvalue weighted by molar-refractivity contribution is 5.94. The molecule has 0 N–H and O–H groups in total. The van der Waals surface area contributed by atoms with Crippen molar-refractivity contribution >= 4 is 28.2 Å². The van der Waals surface area contributed by atoms with Crippen molar-refractivity contribution in [2.24, 2.45) is 0 Å². The molecule has 122 valence electrons. The molecule has 5 aromatic rings. The van der Waals surface area contributed by atoms with E-state index in [1.165, 1.54) is 18.0 Å². The van der Waals surface area contributed by atoms with Crippen LogP contribution in [0.1, 0.15) is 10.5 Å². The predicted octanol–water partition coefficient (Wildman–Crippen LogP) is 0.897. The van der Waals surface area contributed by atoms with Gasteiger partial charge in [0.25, 0.3) is 5.95 Å². The minimum absolute atomic E-state index is 0.0876. The van der Waals surface area contributed by atoms with Gasteiger partial charge in [-0.05, 0) is 12.1 Å². The molecule has 0 saturated carbocycles. The van der Waals surface area contributed by atoms with Gasteiger partial charge in [-0.3, -0.25) is 4.40 Å². The van der Waals surface area contributed by atoms with E-state index >= 15 is 0 Å². The first-order valence-electron chi connectivity index (χ1n) is 7.37. The number of benzene rings is 1. The fourth-order valence-corrected chi connectivity index (χ4v) is 2.88. The molecule has 0 fully saturated rings. The van der Waals surface area contributed by atoms with Gasteiger partial charge in [0.05, 0.1) is 25.0 Å². The van der Waals surface area contributed by atoms with Crippen molar-refractivity contribution in [3.63, 3.8) is 0 Å². The van der Waals surface area contributed by atoms with Crippen molar-refractivity contribution in [2.75, 3.05) is 7.11 Å². The van der Waals surface area contributed by atoms with E-state index in [9.17, 15) is 4.79 Å². The second kappa shape index (κ2) is 4.84. The number of para-hydroxylation sites is 1. The lowest BCUT2D eigenvalue weighted by Gasteiger charge is -2.06. The van der Waals surface area contributed by atoms with Gasteiger partial charge in [0, 0.05) is 5.39 Å². The highest BCUT2D eigenvalue weighted by Gasteiger charge is 2.18. The van der Waals surface area contributed by atoms with Crippen LogP contribution in [-0.2, 0) is 4.74 Å². The Morgan fingerprint density at radius 3 is 2.92 bits per heavy atom. The van der Waals surface area contributed by atoms with Crippen LogP contribution in [0.15, 0.2) is 43.0 Å². The third kappa shape index (κ3) is 1.78. The number of imidazole rings is 1. The van der Waals surface area contributed by atoms with Crippen molar-refractivity contribution < 1.29 is 9.53 Å². The van der Waals surface area contributed by atoms with Gasteiger partial charge in [0.15, 0.2) is 11.3 Å². The zero-order chi connectivity index (χ0) is 17.0. The normalized spacial score (nSPS) is 11.6. The van der Waals surface area contributed by atoms with Crippen LogP contribution in [0.3, 0.4) is 0 Å². The Labute approximate surface area is 139 Å². The standard InChI is InChI=1S/C15H10N8O2/c1-25-14(24)10-7-22(20-17-10)15-19-18-13-9-4-2-3-5-11(9)21-8-16-6-12(21)23(13)15/h2-8H,1H3. The molecule has 0 amide bonds. The van der Waals surface area contributed by atoms with E-state index in [0.717, 1.165) is 16.6 Å². The van der Waals surface area contributed by atoms with Gasteiger partial charge in [-0.2, -0.15) is 4.68 Å². The average molecular weight is 334 g/mol. The summed E-state index contributed by atoms with van der Waals surface area (Å²) in [6.07, 6.45) is 4.89. The van der Waals surface area contributed by atoms with Crippen LogP contribution in [0.25, 0.3) is 28.1 Å². The Balaban J connectivity index is 1.86. The highest BCUT2D eigenvalue weighted by Crippen LogP contribution is 2.23. The SMILES string of the molecule is COC(=O)c1cn(-c2nnc3c4ccccc4n4cncc4n23)nn1. The maximum Gasteiger partial charge on any atom is 0.360 e. The Bertz CT molecular complexity index is 1260. The van der Waals surface area contributed by atoms with Gasteiger partial charge in [0.2, 0.25) is 0 Å². The van der Waals surface area contributed by atoms with Crippen LogP contribution in [0.5, 0.6) is 0 Å². The van der Waals surface area contributed by atoms with Crippen LogP contribution in [0.2, 0.25) is 0 Å². The molecular formula is C15H10N8O2. The average Bonchev–Trinajstić information content (AvgIpc) is 3.38. The van der Waals surface area contributed by atoms with Gasteiger partial charge < -0.3 is 4.74 Å². The Morgan fingerprint density at radius 2 is 2.04 bits per heavy atom. The van der Waals surface area contributed by atoms with E-state index in [4.69, 9.17) is 0 Å². The Morgan fingerprint density at radius 1 is 1.16 bits per heavy atom. The lowest BCUT2D eigenvalue weighted by atomic mass is 10.2. The van der Waals surface area contributed by atoms with Crippen LogP contribution in [0, 0.1) is 0 Å². The number of hydrogen-bond donors (Lipinski definition) is 0. The van der Waals surface area contributed by atoms with Gasteiger partial charge in [-0.25, -0.2) is 14.2 Å². The number of methoxy groups -OCH3 is 1. The molecule has 0 radical (unpaired) electrons. The molecule has 10 nitrogen and oxygen atoms in total. The zero-order valence-electron chi connectivity index (χ0n) is 12.9. The highest BCUT2D eigenvalue weighted by atomic mass is 16.5. The summed E-state index contributed by atoms with van der Waals surface area (Å²) in [5.74, 6) is -0.172. The number of ether oxygens (including phenoxy) is 1. The van der Waals surface area contributed by atoms with Crippen LogP contribution < -0.4 is 0 Å². The summed E-state index contributed by atoms with van der Waals surface area (Å²) in [7, 11) is 1.29. The third-order valence-electron chi connectivity index (χ3n) is 3.99. The van der Waals surface area contributed by atoms with Gasteiger partial charge in [-0.1, -0.05) is 17.3 Å². The zero-order valence-corrected chi connectivity index (χ0v) is 12.9. The molecule has 0 aliphatic carbocycles.